The molecule has 0 rings (SSSR count). The zero-order valence-electron chi connectivity index (χ0n) is 54.2. The first-order valence-electron chi connectivity index (χ1n) is 36.0. The van der Waals surface area contributed by atoms with E-state index in [9.17, 15) is 20.4 Å². The Balaban J connectivity index is -0.000000298. The predicted molar refractivity (Wildman–Crippen MR) is 338 cm³/mol. The van der Waals surface area contributed by atoms with Crippen molar-refractivity contribution in [1.82, 2.24) is 0 Å². The molecule has 0 unspecified atom stereocenters. The zero-order chi connectivity index (χ0) is 56.1. The van der Waals surface area contributed by atoms with Crippen LogP contribution in [0.3, 0.4) is 0 Å². The smallest absolute Gasteiger partial charge is 0.854 e. The number of hydrogen-bond acceptors (Lipinski definition) is 4. The maximum atomic E-state index is 10.3. The average molecular weight is 1130 g/mol. The molecule has 0 N–H and O–H groups in total. The molecule has 0 heterocycles. The van der Waals surface area contributed by atoms with E-state index in [1.165, 1.54) is 360 Å². The molecular weight excluding hydrogens is 977 g/mol. The summed E-state index contributed by atoms with van der Waals surface area (Å²) < 4.78 is 0. The average Bonchev–Trinajstić information content (AvgIpc) is 3.43. The van der Waals surface area contributed by atoms with Gasteiger partial charge in [0, 0.05) is 0 Å². The molecule has 464 valence electrons. The van der Waals surface area contributed by atoms with Crippen molar-refractivity contribution in [2.24, 2.45) is 0 Å². The van der Waals surface area contributed by atoms with Gasteiger partial charge < -0.3 is 20.4 Å². The molecule has 0 aromatic heterocycles. The minimum atomic E-state index is 0. The van der Waals surface area contributed by atoms with Crippen molar-refractivity contribution in [2.45, 2.75) is 439 Å². The van der Waals surface area contributed by atoms with E-state index in [0.29, 0.717) is 0 Å². The van der Waals surface area contributed by atoms with Crippen molar-refractivity contribution in [3.05, 3.63) is 0 Å². The van der Waals surface area contributed by atoms with E-state index < -0.39 is 0 Å². The van der Waals surface area contributed by atoms with Crippen LogP contribution in [0.25, 0.3) is 0 Å². The standard InChI is InChI=1S/4C18H37O.Ti/c4*1-2-3-4-5-6-7-8-9-10-11-12-13-14-15-16-17-18-19;/h4*2-18H2,1H3;/q4*-1;+4. The van der Waals surface area contributed by atoms with E-state index in [2.05, 4.69) is 27.7 Å². The Morgan fingerprint density at radius 2 is 0.182 bits per heavy atom. The maximum Gasteiger partial charge on any atom is 4.00 e. The summed E-state index contributed by atoms with van der Waals surface area (Å²) in [5, 5.41) is 41.1. The number of hydrogen-bond donors (Lipinski definition) is 0. The summed E-state index contributed by atoms with van der Waals surface area (Å²) in [6, 6.07) is 0. The molecule has 5 heteroatoms. The van der Waals surface area contributed by atoms with Gasteiger partial charge >= 0.3 is 21.7 Å². The molecule has 0 atom stereocenters. The fourth-order valence-electron chi connectivity index (χ4n) is 10.6. The Hall–Kier alpha value is 0.554. The van der Waals surface area contributed by atoms with Crippen molar-refractivity contribution in [3.63, 3.8) is 0 Å². The topological polar surface area (TPSA) is 92.2 Å². The van der Waals surface area contributed by atoms with Crippen LogP contribution < -0.4 is 20.4 Å². The first-order chi connectivity index (χ1) is 37.7. The first kappa shape index (κ1) is 86.3. The van der Waals surface area contributed by atoms with Crippen LogP contribution in [0.5, 0.6) is 0 Å². The summed E-state index contributed by atoms with van der Waals surface area (Å²) in [5.41, 5.74) is 0. The van der Waals surface area contributed by atoms with Crippen LogP contribution in [0.2, 0.25) is 0 Å². The molecule has 0 aliphatic rings. The van der Waals surface area contributed by atoms with Crippen molar-refractivity contribution < 1.29 is 42.1 Å². The van der Waals surface area contributed by atoms with Crippen LogP contribution in [-0.4, -0.2) is 26.4 Å². The van der Waals surface area contributed by atoms with Crippen LogP contribution in [0, 0.1) is 0 Å². The fraction of sp³-hybridized carbons (Fsp3) is 1.00. The maximum absolute atomic E-state index is 10.3. The second-order valence-electron chi connectivity index (χ2n) is 24.0. The van der Waals surface area contributed by atoms with E-state index in [1.807, 2.05) is 0 Å². The van der Waals surface area contributed by atoms with Gasteiger partial charge in [0.15, 0.2) is 0 Å². The van der Waals surface area contributed by atoms with Crippen molar-refractivity contribution in [1.29, 1.82) is 0 Å². The Morgan fingerprint density at radius 1 is 0.117 bits per heavy atom. The molecule has 77 heavy (non-hydrogen) atoms. The zero-order valence-corrected chi connectivity index (χ0v) is 55.8. The van der Waals surface area contributed by atoms with E-state index in [4.69, 9.17) is 0 Å². The van der Waals surface area contributed by atoms with E-state index in [1.54, 1.807) is 0 Å². The van der Waals surface area contributed by atoms with Crippen LogP contribution in [0.15, 0.2) is 0 Å². The first-order valence-corrected chi connectivity index (χ1v) is 36.0. The molecule has 0 aliphatic carbocycles. The molecule has 4 nitrogen and oxygen atoms in total. The molecule has 0 aromatic rings. The molecule has 0 radical (unpaired) electrons. The van der Waals surface area contributed by atoms with Gasteiger partial charge in [-0.25, -0.2) is 0 Å². The number of rotatable bonds is 64. The van der Waals surface area contributed by atoms with Gasteiger partial charge in [0.2, 0.25) is 0 Å². The van der Waals surface area contributed by atoms with E-state index in [0.717, 1.165) is 51.4 Å². The molecule has 0 aromatic carbocycles. The van der Waals surface area contributed by atoms with Crippen LogP contribution >= 0.6 is 0 Å². The van der Waals surface area contributed by atoms with Crippen LogP contribution in [0.1, 0.15) is 439 Å². The van der Waals surface area contributed by atoms with Crippen LogP contribution in [-0.2, 0) is 21.7 Å². The van der Waals surface area contributed by atoms with Crippen molar-refractivity contribution >= 4 is 0 Å². The summed E-state index contributed by atoms with van der Waals surface area (Å²) in [7, 11) is 0. The second-order valence-corrected chi connectivity index (χ2v) is 24.0. The molecule has 0 saturated carbocycles. The molecule has 0 saturated heterocycles. The normalized spacial score (nSPS) is 10.9. The summed E-state index contributed by atoms with van der Waals surface area (Å²) >= 11 is 0. The SMILES string of the molecule is CCCCCCCCCCCCCCCCCC[O-].CCCCCCCCCCCCCCCCCC[O-].CCCCCCCCCCCCCCCCCC[O-].CCCCCCCCCCCCCCCCCC[O-].[Ti+4]. The summed E-state index contributed by atoms with van der Waals surface area (Å²) in [6.45, 7) is 9.62. The predicted octanol–water partition coefficient (Wildman–Crippen LogP) is 22.4. The van der Waals surface area contributed by atoms with Gasteiger partial charge in [-0.15, -0.1) is 26.4 Å². The Kier molecular flexibility index (Phi) is 104. The Bertz CT molecular complexity index is 658. The van der Waals surface area contributed by atoms with E-state index in [-0.39, 0.29) is 48.1 Å². The minimum Gasteiger partial charge on any atom is -0.854 e. The molecule has 0 bridgehead atoms. The monoisotopic (exact) mass is 1130 g/mol. The largest absolute Gasteiger partial charge is 4.00 e. The summed E-state index contributed by atoms with van der Waals surface area (Å²) in [6.07, 6.45) is 87.3. The van der Waals surface area contributed by atoms with Gasteiger partial charge in [0.25, 0.3) is 0 Å². The van der Waals surface area contributed by atoms with Gasteiger partial charge in [0.05, 0.1) is 0 Å². The molecule has 0 spiro atoms. The van der Waals surface area contributed by atoms with Gasteiger partial charge in [-0.3, -0.25) is 0 Å². The second kappa shape index (κ2) is 93.0. The minimum absolute atomic E-state index is 0. The van der Waals surface area contributed by atoms with Gasteiger partial charge in [-0.2, -0.15) is 0 Å². The molecular formula is C72H148O4Ti. The number of unbranched alkanes of at least 4 members (excludes halogenated alkanes) is 60. The van der Waals surface area contributed by atoms with E-state index >= 15 is 0 Å². The molecule has 0 fully saturated rings. The van der Waals surface area contributed by atoms with Gasteiger partial charge in [0.1, 0.15) is 0 Å². The van der Waals surface area contributed by atoms with Crippen molar-refractivity contribution in [2.75, 3.05) is 26.4 Å². The molecule has 0 amide bonds. The molecule has 0 aliphatic heterocycles. The third-order valence-electron chi connectivity index (χ3n) is 16.0. The van der Waals surface area contributed by atoms with Crippen molar-refractivity contribution in [3.8, 4) is 0 Å². The fourth-order valence-corrected chi connectivity index (χ4v) is 10.6. The Morgan fingerprint density at radius 3 is 0.247 bits per heavy atom. The summed E-state index contributed by atoms with van der Waals surface area (Å²) in [4.78, 5) is 0. The Labute approximate surface area is 504 Å². The third kappa shape index (κ3) is 102. The third-order valence-corrected chi connectivity index (χ3v) is 16.0. The quantitative estimate of drug-likeness (QED) is 0.0448. The van der Waals surface area contributed by atoms with Gasteiger partial charge in [-0.05, 0) is 0 Å². The van der Waals surface area contributed by atoms with Gasteiger partial charge in [-0.1, -0.05) is 439 Å². The summed E-state index contributed by atoms with van der Waals surface area (Å²) in [5.74, 6) is 0. The van der Waals surface area contributed by atoms with Crippen LogP contribution in [0.4, 0.5) is 0 Å².